The van der Waals surface area contributed by atoms with Gasteiger partial charge in [-0.15, -0.1) is 5.10 Å². The lowest BCUT2D eigenvalue weighted by atomic mass is 10.2. The Labute approximate surface area is 211 Å². The van der Waals surface area contributed by atoms with E-state index < -0.39 is 10.0 Å². The number of fused-ring (bicyclic) bond motifs is 2. The number of sulfonamides is 1. The minimum atomic E-state index is -3.81. The zero-order chi connectivity index (χ0) is 24.9. The normalized spacial score (nSPS) is 12.2. The summed E-state index contributed by atoms with van der Waals surface area (Å²) in [6.07, 6.45) is 0. The van der Waals surface area contributed by atoms with Gasteiger partial charge in [0, 0.05) is 17.5 Å². The van der Waals surface area contributed by atoms with Crippen molar-refractivity contribution in [1.29, 1.82) is 0 Å². The smallest absolute Gasteiger partial charge is 0.243 e. The standard InChI is InChI=1S/C25H19ClN6O3S/c1-31(36(33,34)18-12-10-17(26)11-13-18)15-23-29-24(22-14-16-6-2-5-9-21(16)35-22)30-32(23)25-27-19-7-3-4-8-20(19)28-25/h2-14H,15H2,1H3,(H,27,28). The number of H-pyrrole nitrogens is 1. The zero-order valence-corrected chi connectivity index (χ0v) is 20.5. The van der Waals surface area contributed by atoms with Crippen LogP contribution in [0.4, 0.5) is 0 Å². The summed E-state index contributed by atoms with van der Waals surface area (Å²) in [5, 5.41) is 6.01. The molecule has 6 aromatic rings. The quantitative estimate of drug-likeness (QED) is 0.331. The highest BCUT2D eigenvalue weighted by molar-refractivity contribution is 7.89. The van der Waals surface area contributed by atoms with Gasteiger partial charge >= 0.3 is 0 Å². The molecule has 6 rings (SSSR count). The van der Waals surface area contributed by atoms with Crippen molar-refractivity contribution in [2.45, 2.75) is 11.4 Å². The second-order valence-corrected chi connectivity index (χ2v) is 10.7. The summed E-state index contributed by atoms with van der Waals surface area (Å²) in [4.78, 5) is 12.6. The topological polar surface area (TPSA) is 110 Å². The van der Waals surface area contributed by atoms with Gasteiger partial charge in [0.15, 0.2) is 11.6 Å². The van der Waals surface area contributed by atoms with Gasteiger partial charge in [0.05, 0.1) is 22.5 Å². The maximum absolute atomic E-state index is 13.2. The summed E-state index contributed by atoms with van der Waals surface area (Å²) in [5.74, 6) is 1.57. The highest BCUT2D eigenvalue weighted by Crippen LogP contribution is 2.27. The van der Waals surface area contributed by atoms with Crippen LogP contribution in [-0.2, 0) is 16.6 Å². The van der Waals surface area contributed by atoms with Crippen LogP contribution in [0.5, 0.6) is 0 Å². The lowest BCUT2D eigenvalue weighted by Gasteiger charge is -2.16. The molecule has 0 unspecified atom stereocenters. The fourth-order valence-corrected chi connectivity index (χ4v) is 5.17. The van der Waals surface area contributed by atoms with E-state index in [9.17, 15) is 8.42 Å². The number of nitrogens with zero attached hydrogens (tertiary/aromatic N) is 5. The van der Waals surface area contributed by atoms with Crippen LogP contribution < -0.4 is 0 Å². The number of rotatable bonds is 6. The first-order chi connectivity index (χ1) is 17.4. The van der Waals surface area contributed by atoms with Crippen molar-refractivity contribution >= 4 is 43.6 Å². The second-order valence-electron chi connectivity index (χ2n) is 8.20. The van der Waals surface area contributed by atoms with Gasteiger partial charge in [-0.25, -0.2) is 18.4 Å². The third kappa shape index (κ3) is 3.95. The summed E-state index contributed by atoms with van der Waals surface area (Å²) in [6.45, 7) is -0.0603. The molecule has 36 heavy (non-hydrogen) atoms. The van der Waals surface area contributed by atoms with Crippen LogP contribution in [0, 0.1) is 0 Å². The van der Waals surface area contributed by atoms with Crippen LogP contribution >= 0.6 is 11.6 Å². The van der Waals surface area contributed by atoms with Crippen LogP contribution in [0.2, 0.25) is 5.02 Å². The van der Waals surface area contributed by atoms with Gasteiger partial charge in [0.25, 0.3) is 0 Å². The van der Waals surface area contributed by atoms with Crippen molar-refractivity contribution in [2.24, 2.45) is 0 Å². The molecule has 3 aromatic carbocycles. The molecule has 0 amide bonds. The average Bonchev–Trinajstić information content (AvgIpc) is 3.60. The molecule has 0 fully saturated rings. The molecule has 9 nitrogen and oxygen atoms in total. The van der Waals surface area contributed by atoms with Crippen molar-refractivity contribution in [3.8, 4) is 17.5 Å². The van der Waals surface area contributed by atoms with Gasteiger partial charge in [-0.2, -0.15) is 8.99 Å². The van der Waals surface area contributed by atoms with Crippen molar-refractivity contribution in [1.82, 2.24) is 29.0 Å². The molecule has 0 aliphatic carbocycles. The largest absolute Gasteiger partial charge is 0.453 e. The third-order valence-corrected chi connectivity index (χ3v) is 7.85. The molecular formula is C25H19ClN6O3S. The number of halogens is 1. The highest BCUT2D eigenvalue weighted by atomic mass is 35.5. The summed E-state index contributed by atoms with van der Waals surface area (Å²) in [6, 6.07) is 23.1. The van der Waals surface area contributed by atoms with E-state index in [0.29, 0.717) is 34.0 Å². The maximum Gasteiger partial charge on any atom is 0.243 e. The fourth-order valence-electron chi connectivity index (χ4n) is 3.92. The van der Waals surface area contributed by atoms with Crippen molar-refractivity contribution < 1.29 is 12.8 Å². The first-order valence-corrected chi connectivity index (χ1v) is 12.8. The maximum atomic E-state index is 13.2. The number of aromatic nitrogens is 5. The molecule has 0 atom stereocenters. The minimum absolute atomic E-state index is 0.0603. The predicted molar refractivity (Wildman–Crippen MR) is 136 cm³/mol. The molecule has 0 aliphatic heterocycles. The Morgan fingerprint density at radius 2 is 1.75 bits per heavy atom. The Morgan fingerprint density at radius 1 is 1.00 bits per heavy atom. The van der Waals surface area contributed by atoms with Gasteiger partial charge in [-0.3, -0.25) is 0 Å². The third-order valence-electron chi connectivity index (χ3n) is 5.78. The summed E-state index contributed by atoms with van der Waals surface area (Å²) in [5.41, 5.74) is 2.28. The minimum Gasteiger partial charge on any atom is -0.453 e. The van der Waals surface area contributed by atoms with E-state index in [1.54, 1.807) is 12.1 Å². The molecule has 0 saturated carbocycles. The van der Waals surface area contributed by atoms with Crippen molar-refractivity contribution in [2.75, 3.05) is 7.05 Å². The molecule has 180 valence electrons. The number of furan rings is 1. The van der Waals surface area contributed by atoms with Crippen LogP contribution in [-0.4, -0.2) is 44.5 Å². The number of aromatic amines is 1. The Kier molecular flexibility index (Phi) is 5.36. The number of hydrogen-bond donors (Lipinski definition) is 1. The summed E-state index contributed by atoms with van der Waals surface area (Å²) < 4.78 is 35.1. The van der Waals surface area contributed by atoms with E-state index in [4.69, 9.17) is 16.0 Å². The molecule has 1 N–H and O–H groups in total. The summed E-state index contributed by atoms with van der Waals surface area (Å²) in [7, 11) is -2.33. The van der Waals surface area contributed by atoms with E-state index in [2.05, 4.69) is 20.1 Å². The number of imidazole rings is 1. The van der Waals surface area contributed by atoms with E-state index in [0.717, 1.165) is 16.4 Å². The molecule has 3 aromatic heterocycles. The molecule has 0 spiro atoms. The van der Waals surface area contributed by atoms with Gasteiger partial charge in [0.1, 0.15) is 5.58 Å². The monoisotopic (exact) mass is 518 g/mol. The molecule has 0 aliphatic rings. The van der Waals surface area contributed by atoms with Gasteiger partial charge < -0.3 is 9.40 Å². The Bertz CT molecular complexity index is 1760. The number of benzene rings is 3. The molecule has 0 radical (unpaired) electrons. The van der Waals surface area contributed by atoms with E-state index in [-0.39, 0.29) is 11.4 Å². The number of para-hydroxylation sites is 3. The zero-order valence-electron chi connectivity index (χ0n) is 19.0. The average molecular weight is 519 g/mol. The van der Waals surface area contributed by atoms with E-state index in [1.807, 2.05) is 54.6 Å². The first kappa shape index (κ1) is 22.5. The van der Waals surface area contributed by atoms with Crippen molar-refractivity contribution in [3.05, 3.63) is 89.7 Å². The molecule has 11 heteroatoms. The fraction of sp³-hybridized carbons (Fsp3) is 0.0800. The van der Waals surface area contributed by atoms with E-state index in [1.165, 1.54) is 28.2 Å². The number of hydrogen-bond acceptors (Lipinski definition) is 6. The highest BCUT2D eigenvalue weighted by Gasteiger charge is 2.25. The first-order valence-electron chi connectivity index (χ1n) is 11.0. The SMILES string of the molecule is CN(Cc1nc(-c2cc3ccccc3o2)nn1-c1nc2ccccc2[nH]1)S(=O)(=O)c1ccc(Cl)cc1. The van der Waals surface area contributed by atoms with Crippen LogP contribution in [0.15, 0.2) is 88.2 Å². The Balaban J connectivity index is 1.44. The lowest BCUT2D eigenvalue weighted by molar-refractivity contribution is 0.451. The summed E-state index contributed by atoms with van der Waals surface area (Å²) >= 11 is 5.93. The number of nitrogens with one attached hydrogen (secondary N) is 1. The molecule has 0 saturated heterocycles. The predicted octanol–water partition coefficient (Wildman–Crippen LogP) is 5.03. The Morgan fingerprint density at radius 3 is 2.53 bits per heavy atom. The Hall–Kier alpha value is -3.99. The van der Waals surface area contributed by atoms with Gasteiger partial charge in [-0.1, -0.05) is 41.9 Å². The molecule has 3 heterocycles. The molecular weight excluding hydrogens is 500 g/mol. The van der Waals surface area contributed by atoms with Gasteiger partial charge in [0.2, 0.25) is 21.8 Å². The van der Waals surface area contributed by atoms with E-state index >= 15 is 0 Å². The van der Waals surface area contributed by atoms with Crippen LogP contribution in [0.25, 0.3) is 39.5 Å². The van der Waals surface area contributed by atoms with Crippen LogP contribution in [0.1, 0.15) is 5.82 Å². The second kappa shape index (κ2) is 8.59. The molecule has 0 bridgehead atoms. The lowest BCUT2D eigenvalue weighted by Crippen LogP contribution is -2.28. The van der Waals surface area contributed by atoms with Crippen LogP contribution in [0.3, 0.4) is 0 Å². The van der Waals surface area contributed by atoms with Gasteiger partial charge in [-0.05, 0) is 48.5 Å². The van der Waals surface area contributed by atoms with Crippen molar-refractivity contribution in [3.63, 3.8) is 0 Å².